The van der Waals surface area contributed by atoms with Gasteiger partial charge < -0.3 is 0 Å². The molecular formula is C7H6N. The molecule has 0 aliphatic carbocycles. The van der Waals surface area contributed by atoms with Crippen LogP contribution < -0.4 is 0 Å². The summed E-state index contributed by atoms with van der Waals surface area (Å²) in [6.07, 6.45) is 13.7. The van der Waals surface area contributed by atoms with Crippen LogP contribution in [0.1, 0.15) is 0 Å². The van der Waals surface area contributed by atoms with Crippen molar-refractivity contribution in [2.24, 2.45) is 4.99 Å². The van der Waals surface area contributed by atoms with Gasteiger partial charge in [-0.05, 0) is 6.08 Å². The maximum absolute atomic E-state index is 3.83. The summed E-state index contributed by atoms with van der Waals surface area (Å²) in [5.74, 6) is 0. The number of hydrogen-bond acceptors (Lipinski definition) is 1. The summed E-state index contributed by atoms with van der Waals surface area (Å²) in [4.78, 5) is 3.83. The van der Waals surface area contributed by atoms with Crippen LogP contribution in [-0.4, -0.2) is 6.21 Å². The van der Waals surface area contributed by atoms with Gasteiger partial charge in [-0.25, -0.2) is 0 Å². The molecule has 0 bridgehead atoms. The van der Waals surface area contributed by atoms with Gasteiger partial charge in [-0.2, -0.15) is 0 Å². The van der Waals surface area contributed by atoms with Gasteiger partial charge in [-0.15, -0.1) is 0 Å². The summed E-state index contributed by atoms with van der Waals surface area (Å²) in [7, 11) is 0. The molecule has 0 atom stereocenters. The second kappa shape index (κ2) is 2.97. The van der Waals surface area contributed by atoms with E-state index < -0.39 is 0 Å². The molecule has 0 unspecified atom stereocenters. The Hall–Kier alpha value is -1.11. The van der Waals surface area contributed by atoms with E-state index >= 15 is 0 Å². The van der Waals surface area contributed by atoms with E-state index in [-0.39, 0.29) is 0 Å². The van der Waals surface area contributed by atoms with Crippen LogP contribution in [0.5, 0.6) is 0 Å². The van der Waals surface area contributed by atoms with Crippen molar-refractivity contribution >= 4 is 6.21 Å². The molecule has 1 aliphatic rings. The first-order valence-electron chi connectivity index (χ1n) is 2.43. The van der Waals surface area contributed by atoms with E-state index in [9.17, 15) is 0 Å². The lowest BCUT2D eigenvalue weighted by Gasteiger charge is -1.76. The highest BCUT2D eigenvalue weighted by atomic mass is 14.6. The molecule has 1 radical (unpaired) electrons. The molecule has 1 nitrogen and oxygen atoms in total. The molecule has 0 aromatic carbocycles. The molecule has 0 saturated carbocycles. The van der Waals surface area contributed by atoms with Crippen LogP contribution in [0.4, 0.5) is 0 Å². The quantitative estimate of drug-likeness (QED) is 0.441. The predicted molar refractivity (Wildman–Crippen MR) is 34.6 cm³/mol. The van der Waals surface area contributed by atoms with E-state index in [1.807, 2.05) is 24.3 Å². The fourth-order valence-corrected chi connectivity index (χ4v) is 0.404. The SMILES string of the molecule is [C]1=CC=CC=CN=C1. The van der Waals surface area contributed by atoms with Gasteiger partial charge in [0.05, 0.1) is 0 Å². The highest BCUT2D eigenvalue weighted by Gasteiger charge is 1.66. The third-order valence-electron chi connectivity index (χ3n) is 0.736. The molecule has 0 N–H and O–H groups in total. The smallest absolute Gasteiger partial charge is 0.0346 e. The summed E-state index contributed by atoms with van der Waals surface area (Å²) < 4.78 is 0. The molecule has 0 spiro atoms. The summed E-state index contributed by atoms with van der Waals surface area (Å²) in [6, 6.07) is 0. The normalized spacial score (nSPS) is 16.0. The van der Waals surface area contributed by atoms with E-state index in [0.717, 1.165) is 0 Å². The first kappa shape index (κ1) is 5.04. The van der Waals surface area contributed by atoms with Crippen molar-refractivity contribution in [3.63, 3.8) is 0 Å². The molecule has 8 heavy (non-hydrogen) atoms. The highest BCUT2D eigenvalue weighted by Crippen LogP contribution is 1.82. The van der Waals surface area contributed by atoms with Crippen LogP contribution in [0.15, 0.2) is 35.5 Å². The van der Waals surface area contributed by atoms with E-state index in [1.54, 1.807) is 12.4 Å². The first-order valence-corrected chi connectivity index (χ1v) is 2.43. The molecule has 1 rings (SSSR count). The Kier molecular flexibility index (Phi) is 1.87. The van der Waals surface area contributed by atoms with Gasteiger partial charge >= 0.3 is 0 Å². The molecule has 0 aromatic rings. The van der Waals surface area contributed by atoms with Crippen LogP contribution in [0.25, 0.3) is 0 Å². The standard InChI is InChI=1S/C7H6N/c1-2-4-6-8-7-5-3-1/h1-4,6-7H. The van der Waals surface area contributed by atoms with Crippen LogP contribution in [0.3, 0.4) is 0 Å². The average Bonchev–Trinajstić information content (AvgIpc) is 1.62. The number of hydrogen-bond donors (Lipinski definition) is 0. The van der Waals surface area contributed by atoms with Gasteiger partial charge in [0.25, 0.3) is 0 Å². The van der Waals surface area contributed by atoms with Crippen molar-refractivity contribution in [1.29, 1.82) is 0 Å². The number of aliphatic imine (C=N–C) groups is 1. The van der Waals surface area contributed by atoms with Crippen molar-refractivity contribution in [2.75, 3.05) is 0 Å². The van der Waals surface area contributed by atoms with E-state index in [2.05, 4.69) is 11.1 Å². The minimum Gasteiger partial charge on any atom is -0.264 e. The highest BCUT2D eigenvalue weighted by molar-refractivity contribution is 5.67. The first-order chi connectivity index (χ1) is 4.00. The molecular weight excluding hydrogens is 98.1 g/mol. The van der Waals surface area contributed by atoms with Crippen molar-refractivity contribution in [3.05, 3.63) is 36.6 Å². The monoisotopic (exact) mass is 104 g/mol. The van der Waals surface area contributed by atoms with E-state index in [1.165, 1.54) is 0 Å². The van der Waals surface area contributed by atoms with Gasteiger partial charge in [0.1, 0.15) is 0 Å². The number of rotatable bonds is 0. The minimum absolute atomic E-state index is 1.62. The molecule has 0 saturated heterocycles. The van der Waals surface area contributed by atoms with Crippen molar-refractivity contribution in [3.8, 4) is 0 Å². The second-order valence-corrected chi connectivity index (χ2v) is 1.34. The zero-order valence-electron chi connectivity index (χ0n) is 4.41. The number of allylic oxidation sites excluding steroid dienone is 5. The Morgan fingerprint density at radius 3 is 3.12 bits per heavy atom. The topological polar surface area (TPSA) is 12.4 Å². The van der Waals surface area contributed by atoms with Gasteiger partial charge in [0.15, 0.2) is 0 Å². The lowest BCUT2D eigenvalue weighted by atomic mass is 10.4. The largest absolute Gasteiger partial charge is 0.264 e. The lowest BCUT2D eigenvalue weighted by molar-refractivity contribution is 1.58. The molecule has 0 fully saturated rings. The third kappa shape index (κ3) is 1.56. The lowest BCUT2D eigenvalue weighted by Crippen LogP contribution is -1.64. The minimum atomic E-state index is 1.62. The zero-order valence-corrected chi connectivity index (χ0v) is 4.41. The number of nitrogens with zero attached hydrogens (tertiary/aromatic N) is 1. The Labute approximate surface area is 48.7 Å². The van der Waals surface area contributed by atoms with Crippen molar-refractivity contribution in [1.82, 2.24) is 0 Å². The van der Waals surface area contributed by atoms with Crippen LogP contribution in [0, 0.1) is 6.08 Å². The molecule has 0 amide bonds. The maximum atomic E-state index is 3.83. The molecule has 1 heteroatoms. The van der Waals surface area contributed by atoms with Crippen LogP contribution in [-0.2, 0) is 0 Å². The van der Waals surface area contributed by atoms with E-state index in [0.29, 0.717) is 0 Å². The summed E-state index contributed by atoms with van der Waals surface area (Å²) >= 11 is 0. The Bertz CT molecular complexity index is 105. The summed E-state index contributed by atoms with van der Waals surface area (Å²) in [5.41, 5.74) is 0. The summed E-state index contributed by atoms with van der Waals surface area (Å²) in [5, 5.41) is 0. The molecule has 39 valence electrons. The molecule has 1 aliphatic heterocycles. The van der Waals surface area contributed by atoms with Gasteiger partial charge in [-0.1, -0.05) is 18.2 Å². The average molecular weight is 104 g/mol. The molecule has 0 aromatic heterocycles. The Morgan fingerprint density at radius 2 is 2.12 bits per heavy atom. The Morgan fingerprint density at radius 1 is 1.12 bits per heavy atom. The third-order valence-corrected chi connectivity index (χ3v) is 0.736. The van der Waals surface area contributed by atoms with Crippen LogP contribution >= 0.6 is 0 Å². The van der Waals surface area contributed by atoms with Gasteiger partial charge in [0.2, 0.25) is 0 Å². The van der Waals surface area contributed by atoms with Crippen molar-refractivity contribution < 1.29 is 0 Å². The predicted octanol–water partition coefficient (Wildman–Crippen LogP) is 1.50. The fraction of sp³-hybridized carbons (Fsp3) is 0. The maximum Gasteiger partial charge on any atom is 0.0346 e. The van der Waals surface area contributed by atoms with Crippen LogP contribution in [0.2, 0.25) is 0 Å². The zero-order chi connectivity index (χ0) is 5.66. The van der Waals surface area contributed by atoms with Gasteiger partial charge in [0, 0.05) is 18.5 Å². The Balaban J connectivity index is 2.67. The van der Waals surface area contributed by atoms with Gasteiger partial charge in [-0.3, -0.25) is 4.99 Å². The summed E-state index contributed by atoms with van der Waals surface area (Å²) in [6.45, 7) is 0. The fourth-order valence-electron chi connectivity index (χ4n) is 0.404. The molecule has 1 heterocycles. The second-order valence-electron chi connectivity index (χ2n) is 1.34. The van der Waals surface area contributed by atoms with Crippen molar-refractivity contribution in [2.45, 2.75) is 0 Å². The van der Waals surface area contributed by atoms with E-state index in [4.69, 9.17) is 0 Å².